The van der Waals surface area contributed by atoms with E-state index in [0.29, 0.717) is 6.04 Å². The number of rotatable bonds is 2. The van der Waals surface area contributed by atoms with Crippen LogP contribution in [0.3, 0.4) is 0 Å². The lowest BCUT2D eigenvalue weighted by Gasteiger charge is -2.45. The first kappa shape index (κ1) is 7.58. The van der Waals surface area contributed by atoms with E-state index in [1.165, 1.54) is 0 Å². The molecular weight excluding hydrogens is 126 g/mol. The molecule has 1 N–H and O–H groups in total. The molecule has 0 aliphatic carbocycles. The number of carbonyl (C=O) groups is 1. The molecule has 0 radical (unpaired) electrons. The second-order valence-electron chi connectivity index (χ2n) is 3.21. The third-order valence-electron chi connectivity index (χ3n) is 2.74. The first-order valence-electron chi connectivity index (χ1n) is 3.96. The van der Waals surface area contributed by atoms with Gasteiger partial charge in [-0.3, -0.25) is 4.79 Å². The maximum atomic E-state index is 11.0. The molecular formula is C8H15NO. The average molecular weight is 141 g/mol. The van der Waals surface area contributed by atoms with Gasteiger partial charge in [0.15, 0.2) is 0 Å². The Morgan fingerprint density at radius 2 is 2.20 bits per heavy atom. The molecule has 1 saturated heterocycles. The molecule has 1 fully saturated rings. The summed E-state index contributed by atoms with van der Waals surface area (Å²) in [5.41, 5.74) is -0.0608. The first-order valence-corrected chi connectivity index (χ1v) is 3.96. The van der Waals surface area contributed by atoms with E-state index in [-0.39, 0.29) is 11.3 Å². The minimum Gasteiger partial charge on any atom is -0.352 e. The molecule has 1 aliphatic heterocycles. The zero-order valence-corrected chi connectivity index (χ0v) is 6.90. The van der Waals surface area contributed by atoms with Crippen LogP contribution in [-0.4, -0.2) is 11.9 Å². The number of β-lactam (4-membered cyclic amide) rings is 1. The van der Waals surface area contributed by atoms with Gasteiger partial charge < -0.3 is 5.32 Å². The number of nitrogens with one attached hydrogen (secondary N) is 1. The van der Waals surface area contributed by atoms with Gasteiger partial charge in [0.05, 0.1) is 5.41 Å². The summed E-state index contributed by atoms with van der Waals surface area (Å²) in [6.07, 6.45) is 2.01. The van der Waals surface area contributed by atoms with Gasteiger partial charge >= 0.3 is 0 Å². The van der Waals surface area contributed by atoms with Gasteiger partial charge in [-0.05, 0) is 19.8 Å². The lowest BCUT2D eigenvalue weighted by Crippen LogP contribution is -2.65. The van der Waals surface area contributed by atoms with Crippen molar-refractivity contribution < 1.29 is 4.79 Å². The molecule has 0 aromatic carbocycles. The zero-order chi connectivity index (χ0) is 7.78. The van der Waals surface area contributed by atoms with Crippen molar-refractivity contribution in [2.24, 2.45) is 5.41 Å². The van der Waals surface area contributed by atoms with Gasteiger partial charge in [0.2, 0.25) is 5.91 Å². The van der Waals surface area contributed by atoms with E-state index in [1.807, 2.05) is 6.92 Å². The predicted molar refractivity (Wildman–Crippen MR) is 40.6 cm³/mol. The molecule has 0 saturated carbocycles. The van der Waals surface area contributed by atoms with E-state index in [9.17, 15) is 4.79 Å². The number of amides is 1. The van der Waals surface area contributed by atoms with Gasteiger partial charge in [0.1, 0.15) is 0 Å². The molecule has 0 aromatic heterocycles. The van der Waals surface area contributed by atoms with Gasteiger partial charge in [-0.15, -0.1) is 0 Å². The minimum atomic E-state index is -0.0608. The Bertz CT molecular complexity index is 155. The van der Waals surface area contributed by atoms with Crippen LogP contribution in [0.15, 0.2) is 0 Å². The summed E-state index contributed by atoms with van der Waals surface area (Å²) < 4.78 is 0. The van der Waals surface area contributed by atoms with Crippen LogP contribution in [0.2, 0.25) is 0 Å². The third-order valence-corrected chi connectivity index (χ3v) is 2.74. The van der Waals surface area contributed by atoms with Gasteiger partial charge in [0.25, 0.3) is 0 Å². The summed E-state index contributed by atoms with van der Waals surface area (Å²) >= 11 is 0. The fraction of sp³-hybridized carbons (Fsp3) is 0.875. The van der Waals surface area contributed by atoms with Gasteiger partial charge in [-0.25, -0.2) is 0 Å². The molecule has 0 aromatic rings. The Kier molecular flexibility index (Phi) is 1.71. The van der Waals surface area contributed by atoms with Crippen LogP contribution in [0.25, 0.3) is 0 Å². The van der Waals surface area contributed by atoms with Crippen molar-refractivity contribution in [3.63, 3.8) is 0 Å². The van der Waals surface area contributed by atoms with Crippen molar-refractivity contribution >= 4 is 5.91 Å². The maximum Gasteiger partial charge on any atom is 0.228 e. The maximum absolute atomic E-state index is 11.0. The zero-order valence-electron chi connectivity index (χ0n) is 6.90. The Balaban J connectivity index is 2.63. The summed E-state index contributed by atoms with van der Waals surface area (Å²) in [6, 6.07) is 0.421. The Morgan fingerprint density at radius 1 is 1.60 bits per heavy atom. The van der Waals surface area contributed by atoms with E-state index < -0.39 is 0 Å². The first-order chi connectivity index (χ1) is 4.65. The highest BCUT2D eigenvalue weighted by molar-refractivity contribution is 5.89. The number of carbonyl (C=O) groups excluding carboxylic acids is 1. The van der Waals surface area contributed by atoms with Crippen molar-refractivity contribution in [1.29, 1.82) is 0 Å². The lowest BCUT2D eigenvalue weighted by molar-refractivity contribution is -0.144. The standard InChI is InChI=1S/C8H15NO/c1-4-6-8(3,5-2)7(10)9-6/h6H,4-5H2,1-3H3,(H,9,10). The van der Waals surface area contributed by atoms with Crippen LogP contribution in [0.4, 0.5) is 0 Å². The van der Waals surface area contributed by atoms with Crippen LogP contribution in [-0.2, 0) is 4.79 Å². The number of hydrogen-bond acceptors (Lipinski definition) is 1. The predicted octanol–water partition coefficient (Wildman–Crippen LogP) is 1.31. The van der Waals surface area contributed by atoms with Crippen molar-refractivity contribution in [2.45, 2.75) is 39.7 Å². The minimum absolute atomic E-state index is 0.0608. The summed E-state index contributed by atoms with van der Waals surface area (Å²) in [5.74, 6) is 0.224. The molecule has 2 atom stereocenters. The Morgan fingerprint density at radius 3 is 2.40 bits per heavy atom. The average Bonchev–Trinajstić information content (AvgIpc) is 1.98. The highest BCUT2D eigenvalue weighted by Crippen LogP contribution is 2.35. The van der Waals surface area contributed by atoms with Crippen molar-refractivity contribution in [1.82, 2.24) is 5.32 Å². The highest BCUT2D eigenvalue weighted by Gasteiger charge is 2.48. The van der Waals surface area contributed by atoms with Crippen LogP contribution in [0, 0.1) is 5.41 Å². The second-order valence-corrected chi connectivity index (χ2v) is 3.21. The van der Waals surface area contributed by atoms with E-state index in [4.69, 9.17) is 0 Å². The summed E-state index contributed by atoms with van der Waals surface area (Å²) in [7, 11) is 0. The lowest BCUT2D eigenvalue weighted by atomic mass is 9.71. The highest BCUT2D eigenvalue weighted by atomic mass is 16.2. The normalized spacial score (nSPS) is 38.7. The van der Waals surface area contributed by atoms with E-state index in [0.717, 1.165) is 12.8 Å². The molecule has 2 heteroatoms. The summed E-state index contributed by atoms with van der Waals surface area (Å²) in [6.45, 7) is 6.22. The van der Waals surface area contributed by atoms with Crippen LogP contribution >= 0.6 is 0 Å². The van der Waals surface area contributed by atoms with Gasteiger partial charge in [0, 0.05) is 6.04 Å². The van der Waals surface area contributed by atoms with E-state index >= 15 is 0 Å². The van der Waals surface area contributed by atoms with Gasteiger partial charge in [-0.1, -0.05) is 13.8 Å². The monoisotopic (exact) mass is 141 g/mol. The van der Waals surface area contributed by atoms with E-state index in [2.05, 4.69) is 19.2 Å². The Labute approximate surface area is 62.0 Å². The van der Waals surface area contributed by atoms with Crippen molar-refractivity contribution in [2.75, 3.05) is 0 Å². The van der Waals surface area contributed by atoms with Crippen LogP contribution in [0.5, 0.6) is 0 Å². The summed E-state index contributed by atoms with van der Waals surface area (Å²) in [4.78, 5) is 11.0. The SMILES string of the molecule is CCC1NC(=O)C1(C)CC. The summed E-state index contributed by atoms with van der Waals surface area (Å²) in [5, 5.41) is 2.90. The topological polar surface area (TPSA) is 29.1 Å². The molecule has 0 bridgehead atoms. The third kappa shape index (κ3) is 0.746. The van der Waals surface area contributed by atoms with Crippen molar-refractivity contribution in [3.8, 4) is 0 Å². The van der Waals surface area contributed by atoms with E-state index in [1.54, 1.807) is 0 Å². The fourth-order valence-corrected chi connectivity index (χ4v) is 1.52. The molecule has 1 heterocycles. The molecule has 1 aliphatic rings. The van der Waals surface area contributed by atoms with Crippen LogP contribution < -0.4 is 5.32 Å². The fourth-order valence-electron chi connectivity index (χ4n) is 1.52. The molecule has 58 valence electrons. The Hall–Kier alpha value is -0.530. The largest absolute Gasteiger partial charge is 0.352 e. The van der Waals surface area contributed by atoms with Crippen LogP contribution in [0.1, 0.15) is 33.6 Å². The molecule has 1 amide bonds. The van der Waals surface area contributed by atoms with Gasteiger partial charge in [-0.2, -0.15) is 0 Å². The molecule has 10 heavy (non-hydrogen) atoms. The quantitative estimate of drug-likeness (QED) is 0.577. The number of hydrogen-bond donors (Lipinski definition) is 1. The smallest absolute Gasteiger partial charge is 0.228 e. The van der Waals surface area contributed by atoms with Crippen molar-refractivity contribution in [3.05, 3.63) is 0 Å². The molecule has 0 spiro atoms. The molecule has 1 rings (SSSR count). The molecule has 2 unspecified atom stereocenters. The molecule has 2 nitrogen and oxygen atoms in total. The second kappa shape index (κ2) is 2.26.